The third kappa shape index (κ3) is 4.06. The van der Waals surface area contributed by atoms with E-state index in [1.165, 1.54) is 31.9 Å². The van der Waals surface area contributed by atoms with Crippen LogP contribution in [0.25, 0.3) is 28.0 Å². The Kier molecular flexibility index (Phi) is 5.61. The monoisotopic (exact) mass is 516 g/mol. The number of sulfonamides is 1. The van der Waals surface area contributed by atoms with Gasteiger partial charge in [-0.25, -0.2) is 27.2 Å². The number of benzene rings is 1. The van der Waals surface area contributed by atoms with E-state index in [4.69, 9.17) is 16.3 Å². The third-order valence-electron chi connectivity index (χ3n) is 5.18. The van der Waals surface area contributed by atoms with Crippen molar-refractivity contribution >= 4 is 32.8 Å². The molecule has 1 aromatic carbocycles. The van der Waals surface area contributed by atoms with Crippen LogP contribution in [0.2, 0.25) is 5.02 Å². The predicted octanol–water partition coefficient (Wildman–Crippen LogP) is 4.53. The first-order valence-corrected chi connectivity index (χ1v) is 11.8. The number of ether oxygens (including phenoxy) is 1. The Morgan fingerprint density at radius 3 is 2.71 bits per heavy atom. The maximum absolute atomic E-state index is 15.5. The number of nitrogens with zero attached hydrogens (tertiary/aromatic N) is 4. The fourth-order valence-electron chi connectivity index (χ4n) is 3.59. The fraction of sp³-hybridized carbons (Fsp3) is 0.0455. The highest BCUT2D eigenvalue weighted by Gasteiger charge is 2.25. The van der Waals surface area contributed by atoms with Gasteiger partial charge in [0, 0.05) is 24.2 Å². The number of halogens is 3. The van der Waals surface area contributed by atoms with Crippen LogP contribution < -0.4 is 9.46 Å². The summed E-state index contributed by atoms with van der Waals surface area (Å²) in [5, 5.41) is 6.76. The lowest BCUT2D eigenvalue weighted by atomic mass is 10.0. The number of imidazole rings is 1. The van der Waals surface area contributed by atoms with Crippen LogP contribution in [-0.2, 0) is 10.0 Å². The molecular weight excluding hydrogens is 502 g/mol. The molecule has 0 atom stereocenters. The Morgan fingerprint density at radius 2 is 1.97 bits per heavy atom. The SMILES string of the molecule is COc1ncc(Cl)cc1S(=O)(=O)Nc1ccc(F)c(-c2ccc3c(-c4ccn[nH]4)ncn3c2)c1F. The predicted molar refractivity (Wildman–Crippen MR) is 125 cm³/mol. The van der Waals surface area contributed by atoms with Gasteiger partial charge in [0.05, 0.1) is 34.6 Å². The maximum Gasteiger partial charge on any atom is 0.267 e. The minimum Gasteiger partial charge on any atom is -0.480 e. The van der Waals surface area contributed by atoms with Crippen molar-refractivity contribution < 1.29 is 21.9 Å². The summed E-state index contributed by atoms with van der Waals surface area (Å²) in [5.41, 5.74) is 1.26. The van der Waals surface area contributed by atoms with Crippen LogP contribution in [0.4, 0.5) is 14.5 Å². The van der Waals surface area contributed by atoms with E-state index in [9.17, 15) is 12.8 Å². The molecule has 0 aliphatic carbocycles. The molecule has 13 heteroatoms. The molecule has 0 unspecified atom stereocenters. The van der Waals surface area contributed by atoms with Gasteiger partial charge in [-0.05, 0) is 30.3 Å². The summed E-state index contributed by atoms with van der Waals surface area (Å²) in [5.74, 6) is -2.21. The molecule has 0 aliphatic rings. The van der Waals surface area contributed by atoms with Gasteiger partial charge in [-0.3, -0.25) is 9.82 Å². The molecule has 0 aliphatic heterocycles. The summed E-state index contributed by atoms with van der Waals surface area (Å²) in [6.07, 6.45) is 5.78. The zero-order chi connectivity index (χ0) is 24.7. The number of rotatable bonds is 6. The topological polar surface area (TPSA) is 114 Å². The summed E-state index contributed by atoms with van der Waals surface area (Å²) in [7, 11) is -3.15. The van der Waals surface area contributed by atoms with Gasteiger partial charge in [-0.2, -0.15) is 5.10 Å². The molecule has 2 N–H and O–H groups in total. The van der Waals surface area contributed by atoms with E-state index in [-0.39, 0.29) is 16.5 Å². The van der Waals surface area contributed by atoms with E-state index in [1.807, 2.05) is 0 Å². The normalized spacial score (nSPS) is 11.7. The first-order valence-electron chi connectivity index (χ1n) is 9.95. The van der Waals surface area contributed by atoms with Gasteiger partial charge in [0.2, 0.25) is 5.88 Å². The van der Waals surface area contributed by atoms with Crippen molar-refractivity contribution in [3.63, 3.8) is 0 Å². The number of nitrogens with one attached hydrogen (secondary N) is 2. The molecule has 0 fully saturated rings. The first kappa shape index (κ1) is 22.7. The molecule has 4 aromatic heterocycles. The minimum atomic E-state index is -4.38. The number of anilines is 1. The van der Waals surface area contributed by atoms with Crippen molar-refractivity contribution in [2.24, 2.45) is 0 Å². The largest absolute Gasteiger partial charge is 0.480 e. The fourth-order valence-corrected chi connectivity index (χ4v) is 5.02. The van der Waals surface area contributed by atoms with Crippen molar-refractivity contribution in [2.75, 3.05) is 11.8 Å². The first-order chi connectivity index (χ1) is 16.8. The second-order valence-electron chi connectivity index (χ2n) is 7.32. The van der Waals surface area contributed by atoms with E-state index >= 15 is 4.39 Å². The standard InChI is InChI=1S/C22H15ClF2N6O3S/c1-34-22-18(8-13(23)9-26-22)35(32,33)30-15-4-3-14(24)19(20(15)25)12-2-5-17-21(16-6-7-28-29-16)27-11-31(17)10-12/h2-11,30H,1H3,(H,28,29). The Hall–Kier alpha value is -4.03. The molecule has 0 radical (unpaired) electrons. The van der Waals surface area contributed by atoms with Gasteiger partial charge in [0.25, 0.3) is 10.0 Å². The van der Waals surface area contributed by atoms with Crippen molar-refractivity contribution in [1.29, 1.82) is 0 Å². The molecule has 9 nitrogen and oxygen atoms in total. The van der Waals surface area contributed by atoms with Crippen LogP contribution in [0.1, 0.15) is 0 Å². The van der Waals surface area contributed by atoms with E-state index in [1.54, 1.807) is 22.7 Å². The molecule has 0 spiro atoms. The lowest BCUT2D eigenvalue weighted by Gasteiger charge is -2.14. The number of aromatic nitrogens is 5. The molecule has 0 saturated heterocycles. The maximum atomic E-state index is 15.5. The van der Waals surface area contributed by atoms with Gasteiger partial charge < -0.3 is 9.14 Å². The van der Waals surface area contributed by atoms with E-state index in [0.29, 0.717) is 16.9 Å². The highest BCUT2D eigenvalue weighted by Crippen LogP contribution is 2.34. The number of aromatic amines is 1. The van der Waals surface area contributed by atoms with Crippen molar-refractivity contribution in [1.82, 2.24) is 24.6 Å². The molecule has 0 amide bonds. The van der Waals surface area contributed by atoms with Gasteiger partial charge >= 0.3 is 0 Å². The molecule has 35 heavy (non-hydrogen) atoms. The number of hydrogen-bond donors (Lipinski definition) is 2. The molecular formula is C22H15ClF2N6O3S. The molecule has 5 aromatic rings. The van der Waals surface area contributed by atoms with Crippen LogP contribution in [0, 0.1) is 11.6 Å². The van der Waals surface area contributed by atoms with Gasteiger partial charge in [-0.1, -0.05) is 17.7 Å². The average molecular weight is 517 g/mol. The van der Waals surface area contributed by atoms with E-state index in [0.717, 1.165) is 18.2 Å². The van der Waals surface area contributed by atoms with Crippen molar-refractivity contribution in [2.45, 2.75) is 4.90 Å². The molecule has 5 rings (SSSR count). The smallest absolute Gasteiger partial charge is 0.267 e. The number of fused-ring (bicyclic) bond motifs is 1. The Morgan fingerprint density at radius 1 is 1.14 bits per heavy atom. The summed E-state index contributed by atoms with van der Waals surface area (Å²) < 4.78 is 64.8. The zero-order valence-corrected chi connectivity index (χ0v) is 19.4. The third-order valence-corrected chi connectivity index (χ3v) is 6.75. The van der Waals surface area contributed by atoms with Crippen LogP contribution in [0.15, 0.2) is 66.2 Å². The van der Waals surface area contributed by atoms with Crippen LogP contribution in [-0.4, -0.2) is 40.1 Å². The second-order valence-corrected chi connectivity index (χ2v) is 9.41. The van der Waals surface area contributed by atoms with E-state index in [2.05, 4.69) is 24.9 Å². The number of hydrogen-bond acceptors (Lipinski definition) is 6. The summed E-state index contributed by atoms with van der Waals surface area (Å²) in [6.45, 7) is 0. The number of pyridine rings is 2. The van der Waals surface area contributed by atoms with Crippen molar-refractivity contribution in [3.05, 3.63) is 78.0 Å². The lowest BCUT2D eigenvalue weighted by molar-refractivity contribution is 0.385. The Labute approximate surface area is 202 Å². The van der Waals surface area contributed by atoms with Gasteiger partial charge in [-0.15, -0.1) is 0 Å². The van der Waals surface area contributed by atoms with Crippen LogP contribution in [0.3, 0.4) is 0 Å². The highest BCUT2D eigenvalue weighted by molar-refractivity contribution is 7.92. The zero-order valence-electron chi connectivity index (χ0n) is 17.8. The minimum absolute atomic E-state index is 0.0366. The molecule has 0 saturated carbocycles. The summed E-state index contributed by atoms with van der Waals surface area (Å²) in [4.78, 5) is 7.74. The molecule has 178 valence electrons. The number of H-pyrrole nitrogens is 1. The van der Waals surface area contributed by atoms with Crippen LogP contribution >= 0.6 is 11.6 Å². The van der Waals surface area contributed by atoms with Gasteiger partial charge in [0.15, 0.2) is 10.7 Å². The molecule has 0 bridgehead atoms. The van der Waals surface area contributed by atoms with E-state index < -0.39 is 37.8 Å². The summed E-state index contributed by atoms with van der Waals surface area (Å²) in [6, 6.07) is 7.98. The Balaban J connectivity index is 1.56. The second kappa shape index (κ2) is 8.64. The lowest BCUT2D eigenvalue weighted by Crippen LogP contribution is -2.16. The average Bonchev–Trinajstić information content (AvgIpc) is 3.50. The quantitative estimate of drug-likeness (QED) is 0.343. The number of methoxy groups -OCH3 is 1. The van der Waals surface area contributed by atoms with Crippen molar-refractivity contribution in [3.8, 4) is 28.4 Å². The molecule has 4 heterocycles. The summed E-state index contributed by atoms with van der Waals surface area (Å²) >= 11 is 5.88. The Bertz CT molecular complexity index is 1670. The van der Waals surface area contributed by atoms with Gasteiger partial charge in [0.1, 0.15) is 17.8 Å². The highest BCUT2D eigenvalue weighted by atomic mass is 35.5. The van der Waals surface area contributed by atoms with Crippen LogP contribution in [0.5, 0.6) is 5.88 Å².